The van der Waals surface area contributed by atoms with Crippen LogP contribution in [0.1, 0.15) is 12.8 Å². The van der Waals surface area contributed by atoms with E-state index >= 15 is 0 Å². The Morgan fingerprint density at radius 1 is 1.60 bits per heavy atom. The zero-order valence-electron chi connectivity index (χ0n) is 5.92. The van der Waals surface area contributed by atoms with E-state index in [1.54, 1.807) is 0 Å². The lowest BCUT2D eigenvalue weighted by molar-refractivity contribution is 0.162. The Labute approximate surface area is 60.6 Å². The van der Waals surface area contributed by atoms with Gasteiger partial charge in [0.2, 0.25) is 0 Å². The minimum atomic E-state index is 0.271. The molecule has 1 aliphatic heterocycles. The molecule has 0 saturated carbocycles. The second kappa shape index (κ2) is 4.19. The van der Waals surface area contributed by atoms with Gasteiger partial charge in [-0.25, -0.2) is 0 Å². The summed E-state index contributed by atoms with van der Waals surface area (Å²) in [5.74, 6) is 0. The molecule has 1 rings (SSSR count). The van der Waals surface area contributed by atoms with Crippen LogP contribution in [0.2, 0.25) is 0 Å². The van der Waals surface area contributed by atoms with Gasteiger partial charge in [-0.05, 0) is 12.8 Å². The van der Waals surface area contributed by atoms with Gasteiger partial charge in [-0.1, -0.05) is 6.08 Å². The number of hydrogen-bond acceptors (Lipinski definition) is 3. The summed E-state index contributed by atoms with van der Waals surface area (Å²) in [6, 6.07) is 0. The number of ether oxygens (including phenoxy) is 1. The minimum Gasteiger partial charge on any atom is -0.360 e. The van der Waals surface area contributed by atoms with Crippen LogP contribution >= 0.6 is 0 Å². The summed E-state index contributed by atoms with van der Waals surface area (Å²) in [7, 11) is 0. The van der Waals surface area contributed by atoms with E-state index in [2.05, 4.69) is 11.1 Å². The van der Waals surface area contributed by atoms with Crippen molar-refractivity contribution in [2.75, 3.05) is 13.3 Å². The van der Waals surface area contributed by atoms with Crippen molar-refractivity contribution in [3.63, 3.8) is 0 Å². The predicted octanol–water partition coefficient (Wildman–Crippen LogP) is 0.668. The van der Waals surface area contributed by atoms with E-state index < -0.39 is 0 Å². The van der Waals surface area contributed by atoms with Crippen molar-refractivity contribution in [3.05, 3.63) is 11.8 Å². The summed E-state index contributed by atoms with van der Waals surface area (Å²) >= 11 is 0. The molecule has 10 heavy (non-hydrogen) atoms. The number of nitrogens with zero attached hydrogens (tertiary/aromatic N) is 1. The molecule has 0 aromatic heterocycles. The third-order valence-corrected chi connectivity index (χ3v) is 1.30. The molecule has 1 heterocycles. The highest BCUT2D eigenvalue weighted by atomic mass is 16.5. The van der Waals surface area contributed by atoms with E-state index in [1.165, 1.54) is 0 Å². The molecule has 0 saturated heterocycles. The zero-order chi connectivity index (χ0) is 7.23. The molecule has 0 amide bonds. The van der Waals surface area contributed by atoms with Crippen molar-refractivity contribution in [3.8, 4) is 0 Å². The second-order valence-corrected chi connectivity index (χ2v) is 2.10. The molecular weight excluding hydrogens is 128 g/mol. The van der Waals surface area contributed by atoms with Crippen molar-refractivity contribution >= 4 is 6.21 Å². The molecule has 0 unspecified atom stereocenters. The maximum Gasteiger partial charge on any atom is 0.0945 e. The van der Waals surface area contributed by atoms with E-state index in [-0.39, 0.29) is 6.73 Å². The number of nitrogens with two attached hydrogens (primary N) is 1. The third-order valence-electron chi connectivity index (χ3n) is 1.30. The fourth-order valence-corrected chi connectivity index (χ4v) is 0.819. The van der Waals surface area contributed by atoms with Crippen LogP contribution in [0.25, 0.3) is 0 Å². The molecule has 56 valence electrons. The molecule has 0 radical (unpaired) electrons. The minimum absolute atomic E-state index is 0.271. The van der Waals surface area contributed by atoms with Crippen LogP contribution in [0.3, 0.4) is 0 Å². The summed E-state index contributed by atoms with van der Waals surface area (Å²) in [5.41, 5.74) is 6.14. The van der Waals surface area contributed by atoms with Gasteiger partial charge in [-0.2, -0.15) is 0 Å². The first-order valence-electron chi connectivity index (χ1n) is 3.43. The average molecular weight is 140 g/mol. The summed E-state index contributed by atoms with van der Waals surface area (Å²) in [6.45, 7) is 0.819. The fourth-order valence-electron chi connectivity index (χ4n) is 0.819. The lowest BCUT2D eigenvalue weighted by Gasteiger charge is -2.04. The van der Waals surface area contributed by atoms with Crippen LogP contribution < -0.4 is 5.73 Å². The quantitative estimate of drug-likeness (QED) is 0.585. The SMILES string of the molecule is NCOCC1=CCCC=N1. The molecule has 0 aromatic rings. The van der Waals surface area contributed by atoms with Crippen molar-refractivity contribution < 1.29 is 4.74 Å². The standard InChI is InChI=1S/C7H12N2O/c8-6-10-5-7-3-1-2-4-9-7/h3-4H,1-2,5-6,8H2. The van der Waals surface area contributed by atoms with E-state index in [4.69, 9.17) is 10.5 Å². The van der Waals surface area contributed by atoms with Crippen LogP contribution in [0.15, 0.2) is 16.8 Å². The maximum absolute atomic E-state index is 5.14. The van der Waals surface area contributed by atoms with Crippen molar-refractivity contribution in [1.29, 1.82) is 0 Å². The molecule has 0 atom stereocenters. The molecule has 0 spiro atoms. The molecule has 2 N–H and O–H groups in total. The van der Waals surface area contributed by atoms with Gasteiger partial charge in [0.1, 0.15) is 0 Å². The average Bonchev–Trinajstić information content (AvgIpc) is 2.03. The second-order valence-electron chi connectivity index (χ2n) is 2.10. The zero-order valence-corrected chi connectivity index (χ0v) is 5.92. The fraction of sp³-hybridized carbons (Fsp3) is 0.571. The molecule has 0 aliphatic carbocycles. The first kappa shape index (κ1) is 7.44. The number of aliphatic imine (C=N–C) groups is 1. The normalized spacial score (nSPS) is 17.1. The summed E-state index contributed by atoms with van der Waals surface area (Å²) in [6.07, 6.45) is 6.11. The Morgan fingerprint density at radius 2 is 2.50 bits per heavy atom. The monoisotopic (exact) mass is 140 g/mol. The Balaban J connectivity index is 2.26. The van der Waals surface area contributed by atoms with Gasteiger partial charge in [0.25, 0.3) is 0 Å². The Morgan fingerprint density at radius 3 is 3.10 bits per heavy atom. The van der Waals surface area contributed by atoms with E-state index in [9.17, 15) is 0 Å². The smallest absolute Gasteiger partial charge is 0.0945 e. The highest BCUT2D eigenvalue weighted by molar-refractivity contribution is 5.60. The molecule has 0 aromatic carbocycles. The van der Waals surface area contributed by atoms with Gasteiger partial charge < -0.3 is 10.5 Å². The van der Waals surface area contributed by atoms with Gasteiger partial charge in [0, 0.05) is 6.21 Å². The largest absolute Gasteiger partial charge is 0.360 e. The number of rotatable bonds is 3. The number of hydrogen-bond donors (Lipinski definition) is 1. The Hall–Kier alpha value is -0.670. The van der Waals surface area contributed by atoms with Gasteiger partial charge >= 0.3 is 0 Å². The van der Waals surface area contributed by atoms with Crippen LogP contribution in [-0.4, -0.2) is 19.6 Å². The topological polar surface area (TPSA) is 47.6 Å². The Kier molecular flexibility index (Phi) is 3.12. The van der Waals surface area contributed by atoms with Crippen LogP contribution in [0.5, 0.6) is 0 Å². The molecule has 3 nitrogen and oxygen atoms in total. The van der Waals surface area contributed by atoms with Gasteiger partial charge in [0.15, 0.2) is 0 Å². The van der Waals surface area contributed by atoms with Crippen LogP contribution in [0.4, 0.5) is 0 Å². The molecule has 1 aliphatic rings. The van der Waals surface area contributed by atoms with Gasteiger partial charge in [-0.15, -0.1) is 0 Å². The lowest BCUT2D eigenvalue weighted by Crippen LogP contribution is -2.07. The van der Waals surface area contributed by atoms with Crippen molar-refractivity contribution in [2.45, 2.75) is 12.8 Å². The molecular formula is C7H12N2O. The van der Waals surface area contributed by atoms with Crippen molar-refractivity contribution in [2.24, 2.45) is 10.7 Å². The van der Waals surface area contributed by atoms with Crippen LogP contribution in [-0.2, 0) is 4.74 Å². The van der Waals surface area contributed by atoms with E-state index in [1.807, 2.05) is 6.21 Å². The third kappa shape index (κ3) is 2.29. The molecule has 0 fully saturated rings. The predicted molar refractivity (Wildman–Crippen MR) is 40.8 cm³/mol. The van der Waals surface area contributed by atoms with Crippen LogP contribution in [0, 0.1) is 0 Å². The maximum atomic E-state index is 5.14. The lowest BCUT2D eigenvalue weighted by atomic mass is 10.2. The number of allylic oxidation sites excluding steroid dienone is 1. The van der Waals surface area contributed by atoms with E-state index in [0.717, 1.165) is 18.5 Å². The molecule has 0 bridgehead atoms. The Bertz CT molecular complexity index is 152. The summed E-state index contributed by atoms with van der Waals surface area (Å²) < 4.78 is 4.97. The van der Waals surface area contributed by atoms with E-state index in [0.29, 0.717) is 6.61 Å². The van der Waals surface area contributed by atoms with Gasteiger partial charge in [0.05, 0.1) is 19.0 Å². The first-order chi connectivity index (χ1) is 4.93. The first-order valence-corrected chi connectivity index (χ1v) is 3.43. The summed E-state index contributed by atoms with van der Waals surface area (Å²) in [5, 5.41) is 0. The highest BCUT2D eigenvalue weighted by Crippen LogP contribution is 2.05. The van der Waals surface area contributed by atoms with Crippen molar-refractivity contribution in [1.82, 2.24) is 0 Å². The summed E-state index contributed by atoms with van der Waals surface area (Å²) in [4.78, 5) is 4.12. The van der Waals surface area contributed by atoms with Gasteiger partial charge in [-0.3, -0.25) is 4.99 Å². The highest BCUT2D eigenvalue weighted by Gasteiger charge is 1.96. The molecule has 3 heteroatoms.